The van der Waals surface area contributed by atoms with Gasteiger partial charge in [-0.05, 0) is 55.7 Å². The van der Waals surface area contributed by atoms with Crippen LogP contribution < -0.4 is 0 Å². The number of amides is 1. The van der Waals surface area contributed by atoms with E-state index in [4.69, 9.17) is 32.7 Å². The Bertz CT molecular complexity index is 1250. The lowest BCUT2D eigenvalue weighted by Crippen LogP contribution is -2.61. The van der Waals surface area contributed by atoms with Crippen molar-refractivity contribution in [3.05, 3.63) is 68.4 Å². The third-order valence-corrected chi connectivity index (χ3v) is 7.53. The van der Waals surface area contributed by atoms with Gasteiger partial charge in [-0.15, -0.1) is 0 Å². The molecule has 0 aromatic heterocycles. The highest BCUT2D eigenvalue weighted by Gasteiger charge is 2.55. The van der Waals surface area contributed by atoms with Crippen LogP contribution in [0.5, 0.6) is 0 Å². The van der Waals surface area contributed by atoms with Gasteiger partial charge in [0, 0.05) is 12.0 Å². The molecule has 1 saturated heterocycles. The summed E-state index contributed by atoms with van der Waals surface area (Å²) in [6.07, 6.45) is -6.54. The second-order valence-electron chi connectivity index (χ2n) is 10.2. The summed E-state index contributed by atoms with van der Waals surface area (Å²) in [5.74, 6) is -1.90. The smallest absolute Gasteiger partial charge is 0.410 e. The van der Waals surface area contributed by atoms with Crippen LogP contribution in [0.15, 0.2) is 30.3 Å². The van der Waals surface area contributed by atoms with Gasteiger partial charge in [0.25, 0.3) is 0 Å². The fraction of sp³-hybridized carbons (Fsp3) is 0.440. The molecule has 2 aromatic rings. The lowest BCUT2D eigenvalue weighted by molar-refractivity contribution is -0.160. The largest absolute Gasteiger partial charge is 0.444 e. The summed E-state index contributed by atoms with van der Waals surface area (Å²) in [5.41, 5.74) is -0.521. The van der Waals surface area contributed by atoms with Crippen LogP contribution in [0.4, 0.5) is 22.4 Å². The molecule has 0 radical (unpaired) electrons. The number of ether oxygens (including phenoxy) is 2. The zero-order valence-corrected chi connectivity index (χ0v) is 22.4. The van der Waals surface area contributed by atoms with Gasteiger partial charge < -0.3 is 14.4 Å². The van der Waals surface area contributed by atoms with Gasteiger partial charge in [-0.3, -0.25) is 4.79 Å². The van der Waals surface area contributed by atoms with Crippen LogP contribution in [0.1, 0.15) is 54.2 Å². The molecule has 1 fully saturated rings. The molecule has 2 aliphatic rings. The molecular weight excluding hydrogens is 557 g/mol. The van der Waals surface area contributed by atoms with Crippen molar-refractivity contribution in [3.8, 4) is 0 Å². The van der Waals surface area contributed by atoms with Gasteiger partial charge >= 0.3 is 12.3 Å². The van der Waals surface area contributed by atoms with Crippen LogP contribution in [0.3, 0.4) is 0 Å². The number of likely N-dealkylation sites (tertiary alicyclic amines) is 1. The quantitative estimate of drug-likeness (QED) is 0.182. The maximum atomic E-state index is 14.1. The number of Topliss-reactive ketones (excluding diaryl/α,β-unsaturated/α-hetero) is 1. The molecule has 0 bridgehead atoms. The summed E-state index contributed by atoms with van der Waals surface area (Å²) >= 11 is 15.3. The first kappa shape index (κ1) is 28.0. The number of nitrogens with zero attached hydrogens (tertiary/aromatic N) is 1. The van der Waals surface area contributed by atoms with Crippen molar-refractivity contribution in [1.82, 2.24) is 4.90 Å². The summed E-state index contributed by atoms with van der Waals surface area (Å²) in [6, 6.07) is 6.07. The molecule has 2 aliphatic heterocycles. The van der Waals surface area contributed by atoms with Crippen LogP contribution in [0.2, 0.25) is 10.0 Å². The molecule has 0 N–H and O–H groups in total. The van der Waals surface area contributed by atoms with E-state index >= 15 is 0 Å². The molecule has 1 amide bonds. The Morgan fingerprint density at radius 1 is 1.11 bits per heavy atom. The van der Waals surface area contributed by atoms with Gasteiger partial charge in [0.15, 0.2) is 11.6 Å². The van der Waals surface area contributed by atoms with Crippen molar-refractivity contribution in [2.75, 3.05) is 13.1 Å². The average Bonchev–Trinajstić information content (AvgIpc) is 3.13. The number of rotatable bonds is 4. The predicted molar refractivity (Wildman–Crippen MR) is 133 cm³/mol. The number of carbonyl (C=O) groups is 2. The first-order chi connectivity index (χ1) is 17.0. The highest BCUT2D eigenvalue weighted by Crippen LogP contribution is 2.50. The van der Waals surface area contributed by atoms with E-state index in [9.17, 15) is 27.2 Å². The summed E-state index contributed by atoms with van der Waals surface area (Å²) in [6.45, 7) is 5.92. The number of hydrogen-bond acceptors (Lipinski definition) is 5. The minimum atomic E-state index is -4.99. The van der Waals surface area contributed by atoms with E-state index in [1.807, 2.05) is 0 Å². The van der Waals surface area contributed by atoms with E-state index in [0.29, 0.717) is 5.56 Å². The van der Waals surface area contributed by atoms with Crippen molar-refractivity contribution < 1.29 is 36.6 Å². The minimum absolute atomic E-state index is 0.0321. The summed E-state index contributed by atoms with van der Waals surface area (Å²) in [7, 11) is 0. The highest BCUT2D eigenvalue weighted by atomic mass is 35.5. The summed E-state index contributed by atoms with van der Waals surface area (Å²) in [4.78, 5) is 26.8. The van der Waals surface area contributed by atoms with Crippen molar-refractivity contribution in [1.29, 1.82) is 0 Å². The first-order valence-corrected chi connectivity index (χ1v) is 12.4. The lowest BCUT2D eigenvalue weighted by Gasteiger charge is -2.47. The molecule has 5 nitrogen and oxygen atoms in total. The number of hydrogen-bond donors (Lipinski definition) is 1. The van der Waals surface area contributed by atoms with E-state index < -0.39 is 61.8 Å². The molecule has 1 unspecified atom stereocenters. The van der Waals surface area contributed by atoms with Crippen molar-refractivity contribution in [2.45, 2.75) is 55.9 Å². The maximum Gasteiger partial charge on any atom is 0.410 e. The Hall–Kier alpha value is -2.01. The Morgan fingerprint density at radius 3 is 2.24 bits per heavy atom. The number of halogens is 6. The molecule has 12 heteroatoms. The van der Waals surface area contributed by atoms with E-state index in [0.717, 1.165) is 17.7 Å². The SMILES string of the molecule is CC(C)(C)OC(=O)N1CC2(C1)OCc1cc(C(=O)CC(S)(c3cc(Cl)c(F)c(Cl)c3)C(F)(F)F)ccc12. The number of alkyl halides is 3. The molecule has 1 atom stereocenters. The Labute approximate surface area is 226 Å². The first-order valence-electron chi connectivity index (χ1n) is 11.2. The average molecular weight is 580 g/mol. The van der Waals surface area contributed by atoms with E-state index in [-0.39, 0.29) is 25.3 Å². The van der Waals surface area contributed by atoms with Gasteiger partial charge in [-0.1, -0.05) is 35.3 Å². The Kier molecular flexibility index (Phi) is 7.06. The molecule has 4 rings (SSSR count). The zero-order chi connectivity index (χ0) is 27.6. The second kappa shape index (κ2) is 9.32. The normalized spacial score (nSPS) is 18.3. The van der Waals surface area contributed by atoms with E-state index in [1.54, 1.807) is 26.8 Å². The number of ketones is 1. The second-order valence-corrected chi connectivity index (χ2v) is 11.8. The minimum Gasteiger partial charge on any atom is -0.444 e. The van der Waals surface area contributed by atoms with Crippen molar-refractivity contribution in [3.63, 3.8) is 0 Å². The molecule has 0 saturated carbocycles. The molecular formula is C25H23Cl2F4NO4S. The monoisotopic (exact) mass is 579 g/mol. The fourth-order valence-corrected chi connectivity index (χ4v) is 5.17. The van der Waals surface area contributed by atoms with E-state index in [2.05, 4.69) is 12.6 Å². The molecule has 2 heterocycles. The van der Waals surface area contributed by atoms with Crippen LogP contribution in [-0.4, -0.2) is 41.6 Å². The van der Waals surface area contributed by atoms with Crippen LogP contribution in [-0.2, 0) is 26.4 Å². The van der Waals surface area contributed by atoms with Crippen LogP contribution in [0, 0.1) is 5.82 Å². The topological polar surface area (TPSA) is 55.8 Å². The Morgan fingerprint density at radius 2 is 1.70 bits per heavy atom. The number of carbonyl (C=O) groups excluding carboxylic acids is 2. The third-order valence-electron chi connectivity index (χ3n) is 6.31. The lowest BCUT2D eigenvalue weighted by atomic mass is 9.84. The summed E-state index contributed by atoms with van der Waals surface area (Å²) < 4.78 is 64.6. The highest BCUT2D eigenvalue weighted by molar-refractivity contribution is 7.81. The van der Waals surface area contributed by atoms with Gasteiger partial charge in [-0.25, -0.2) is 9.18 Å². The number of fused-ring (bicyclic) bond motifs is 2. The maximum absolute atomic E-state index is 14.1. The molecule has 1 spiro atoms. The van der Waals surface area contributed by atoms with Gasteiger partial charge in [0.1, 0.15) is 15.9 Å². The zero-order valence-electron chi connectivity index (χ0n) is 20.0. The van der Waals surface area contributed by atoms with Crippen LogP contribution >= 0.6 is 35.8 Å². The van der Waals surface area contributed by atoms with E-state index in [1.165, 1.54) is 17.0 Å². The number of benzene rings is 2. The molecule has 200 valence electrons. The third kappa shape index (κ3) is 5.17. The fourth-order valence-electron chi connectivity index (χ4n) is 4.41. The van der Waals surface area contributed by atoms with Gasteiger partial charge in [0.05, 0.1) is 29.7 Å². The Balaban J connectivity index is 1.55. The van der Waals surface area contributed by atoms with Crippen molar-refractivity contribution >= 4 is 47.7 Å². The molecule has 37 heavy (non-hydrogen) atoms. The molecule has 2 aromatic carbocycles. The summed E-state index contributed by atoms with van der Waals surface area (Å²) in [5, 5.41) is -1.22. The molecule has 0 aliphatic carbocycles. The van der Waals surface area contributed by atoms with Gasteiger partial charge in [0.2, 0.25) is 0 Å². The van der Waals surface area contributed by atoms with Crippen molar-refractivity contribution in [2.24, 2.45) is 0 Å². The number of thiol groups is 1. The standard InChI is InChI=1S/C25H23Cl2F4NO4S/c1-22(2,3)36-21(34)32-11-23(12-32)16-5-4-13(6-14(16)10-35-23)19(33)9-24(37,25(29,30)31)15-7-17(26)20(28)18(27)8-15/h4-8,37H,9-12H2,1-3H3. The van der Waals surface area contributed by atoms with Gasteiger partial charge in [-0.2, -0.15) is 25.8 Å². The van der Waals surface area contributed by atoms with Crippen LogP contribution in [0.25, 0.3) is 0 Å². The predicted octanol–water partition coefficient (Wildman–Crippen LogP) is 7.07.